The number of unbranched alkanes of at least 4 members (excludes halogenated alkanes) is 2. The molecule has 0 saturated carbocycles. The van der Waals surface area contributed by atoms with Crippen molar-refractivity contribution in [3.05, 3.63) is 28.1 Å². The fourth-order valence-corrected chi connectivity index (χ4v) is 1.97. The van der Waals surface area contributed by atoms with Crippen LogP contribution >= 0.6 is 0 Å². The summed E-state index contributed by atoms with van der Waals surface area (Å²) in [6.07, 6.45) is 3.36. The third kappa shape index (κ3) is 4.35. The highest BCUT2D eigenvalue weighted by Crippen LogP contribution is 2.38. The van der Waals surface area contributed by atoms with Gasteiger partial charge in [0.15, 0.2) is 0 Å². The van der Waals surface area contributed by atoms with Gasteiger partial charge in [-0.3, -0.25) is 0 Å². The summed E-state index contributed by atoms with van der Waals surface area (Å²) in [6, 6.07) is 3.66. The second-order valence-corrected chi connectivity index (χ2v) is 4.96. The third-order valence-corrected chi connectivity index (χ3v) is 3.09. The van der Waals surface area contributed by atoms with Gasteiger partial charge in [0.2, 0.25) is 0 Å². The molecule has 0 unspecified atom stereocenters. The molecule has 0 radical (unpaired) electrons. The topological polar surface area (TPSA) is 67.2 Å². The number of rotatable bonds is 8. The minimum absolute atomic E-state index is 0.287. The molecule has 0 spiro atoms. The number of hydrogen-bond acceptors (Lipinski definition) is 3. The van der Waals surface area contributed by atoms with E-state index >= 15 is 0 Å². The zero-order chi connectivity index (χ0) is 15.0. The lowest BCUT2D eigenvalue weighted by Crippen LogP contribution is -2.02. The molecule has 0 heterocycles. The van der Waals surface area contributed by atoms with Gasteiger partial charge >= 0.3 is 0 Å². The van der Waals surface area contributed by atoms with Crippen molar-refractivity contribution >= 4 is 5.69 Å². The van der Waals surface area contributed by atoms with Crippen LogP contribution in [0.1, 0.15) is 51.5 Å². The smallest absolute Gasteiger partial charge is 0.132 e. The first-order valence-corrected chi connectivity index (χ1v) is 7.03. The van der Waals surface area contributed by atoms with Crippen LogP contribution in [0.5, 0.6) is 11.5 Å². The van der Waals surface area contributed by atoms with E-state index in [9.17, 15) is 0 Å². The molecule has 0 aliphatic heterocycles. The summed E-state index contributed by atoms with van der Waals surface area (Å²) in [5, 5.41) is 3.67. The molecule has 1 rings (SSSR count). The van der Waals surface area contributed by atoms with Crippen LogP contribution in [0.4, 0.5) is 5.69 Å². The van der Waals surface area contributed by atoms with E-state index in [-0.39, 0.29) is 5.92 Å². The largest absolute Gasteiger partial charge is 0.496 e. The molecule has 5 nitrogen and oxygen atoms in total. The molecule has 0 bridgehead atoms. The Labute approximate surface area is 120 Å². The number of azide groups is 1. The van der Waals surface area contributed by atoms with Gasteiger partial charge in [0.05, 0.1) is 19.4 Å². The highest BCUT2D eigenvalue weighted by atomic mass is 16.5. The van der Waals surface area contributed by atoms with Crippen LogP contribution in [-0.4, -0.2) is 13.7 Å². The van der Waals surface area contributed by atoms with Gasteiger partial charge in [-0.2, -0.15) is 0 Å². The maximum atomic E-state index is 8.61. The van der Waals surface area contributed by atoms with Crippen LogP contribution in [-0.2, 0) is 0 Å². The van der Waals surface area contributed by atoms with E-state index < -0.39 is 0 Å². The van der Waals surface area contributed by atoms with Crippen molar-refractivity contribution in [3.63, 3.8) is 0 Å². The first-order chi connectivity index (χ1) is 9.63. The average molecular weight is 277 g/mol. The predicted octanol–water partition coefficient (Wildman–Crippen LogP) is 5.33. The Morgan fingerprint density at radius 3 is 2.55 bits per heavy atom. The van der Waals surface area contributed by atoms with E-state index in [1.54, 1.807) is 7.11 Å². The summed E-state index contributed by atoms with van der Waals surface area (Å²) in [7, 11) is 1.56. The van der Waals surface area contributed by atoms with Gasteiger partial charge < -0.3 is 9.47 Å². The monoisotopic (exact) mass is 277 g/mol. The lowest BCUT2D eigenvalue weighted by Gasteiger charge is -2.17. The zero-order valence-corrected chi connectivity index (χ0v) is 12.7. The second-order valence-electron chi connectivity index (χ2n) is 4.96. The van der Waals surface area contributed by atoms with Gasteiger partial charge in [-0.05, 0) is 29.5 Å². The molecule has 110 valence electrons. The summed E-state index contributed by atoms with van der Waals surface area (Å²) in [5.74, 6) is 1.64. The summed E-state index contributed by atoms with van der Waals surface area (Å²) >= 11 is 0. The molecule has 0 aliphatic rings. The third-order valence-electron chi connectivity index (χ3n) is 3.09. The fourth-order valence-electron chi connectivity index (χ4n) is 1.97. The van der Waals surface area contributed by atoms with Gasteiger partial charge in [0.1, 0.15) is 11.5 Å². The van der Waals surface area contributed by atoms with E-state index in [0.717, 1.165) is 24.2 Å². The molecule has 0 atom stereocenters. The van der Waals surface area contributed by atoms with Crippen LogP contribution in [0.3, 0.4) is 0 Å². The van der Waals surface area contributed by atoms with Crippen molar-refractivity contribution < 1.29 is 9.47 Å². The van der Waals surface area contributed by atoms with Crippen molar-refractivity contribution in [3.8, 4) is 11.5 Å². The summed E-state index contributed by atoms with van der Waals surface area (Å²) in [4.78, 5) is 2.84. The molecular formula is C15H23N3O2. The highest BCUT2D eigenvalue weighted by molar-refractivity contribution is 5.59. The molecule has 0 aromatic heterocycles. The number of nitrogens with zero attached hydrogens (tertiary/aromatic N) is 3. The van der Waals surface area contributed by atoms with Gasteiger partial charge in [0.25, 0.3) is 0 Å². The zero-order valence-electron chi connectivity index (χ0n) is 12.7. The van der Waals surface area contributed by atoms with E-state index in [4.69, 9.17) is 15.0 Å². The number of benzene rings is 1. The van der Waals surface area contributed by atoms with E-state index in [1.165, 1.54) is 6.42 Å². The first kappa shape index (κ1) is 16.2. The van der Waals surface area contributed by atoms with Crippen molar-refractivity contribution in [1.29, 1.82) is 0 Å². The number of ether oxygens (including phenoxy) is 2. The SMILES string of the molecule is CCCCCOc1cc(OC)c(N=[N+]=[N-])cc1C(C)C. The van der Waals surface area contributed by atoms with Crippen molar-refractivity contribution in [1.82, 2.24) is 0 Å². The Kier molecular flexibility index (Phi) is 6.74. The Balaban J connectivity index is 3.04. The summed E-state index contributed by atoms with van der Waals surface area (Å²) < 4.78 is 11.1. The highest BCUT2D eigenvalue weighted by Gasteiger charge is 2.13. The minimum Gasteiger partial charge on any atom is -0.496 e. The Morgan fingerprint density at radius 2 is 2.00 bits per heavy atom. The Hall–Kier alpha value is -1.87. The minimum atomic E-state index is 0.287. The molecular weight excluding hydrogens is 254 g/mol. The predicted molar refractivity (Wildman–Crippen MR) is 80.9 cm³/mol. The Morgan fingerprint density at radius 1 is 1.25 bits per heavy atom. The van der Waals surface area contributed by atoms with Crippen LogP contribution in [0.2, 0.25) is 0 Å². The van der Waals surface area contributed by atoms with Crippen molar-refractivity contribution in [2.75, 3.05) is 13.7 Å². The van der Waals surface area contributed by atoms with Crippen LogP contribution < -0.4 is 9.47 Å². The van der Waals surface area contributed by atoms with Gasteiger partial charge in [-0.25, -0.2) is 0 Å². The molecule has 1 aromatic rings. The second kappa shape index (κ2) is 8.33. The first-order valence-electron chi connectivity index (χ1n) is 7.03. The van der Waals surface area contributed by atoms with Crippen molar-refractivity contribution in [2.45, 2.75) is 46.0 Å². The van der Waals surface area contributed by atoms with Crippen LogP contribution in [0, 0.1) is 0 Å². The summed E-state index contributed by atoms with van der Waals surface area (Å²) in [5.41, 5.74) is 10.1. The van der Waals surface area contributed by atoms with E-state index in [2.05, 4.69) is 30.8 Å². The number of hydrogen-bond donors (Lipinski definition) is 0. The molecule has 0 aliphatic carbocycles. The average Bonchev–Trinajstić information content (AvgIpc) is 2.44. The fraction of sp³-hybridized carbons (Fsp3) is 0.600. The van der Waals surface area contributed by atoms with Crippen molar-refractivity contribution in [2.24, 2.45) is 5.11 Å². The van der Waals surface area contributed by atoms with Gasteiger partial charge in [0, 0.05) is 11.0 Å². The molecule has 0 fully saturated rings. The molecule has 1 aromatic carbocycles. The normalized spacial score (nSPS) is 10.2. The van der Waals surface area contributed by atoms with Crippen LogP contribution in [0.15, 0.2) is 17.2 Å². The molecule has 0 saturated heterocycles. The maximum Gasteiger partial charge on any atom is 0.132 e. The maximum absolute atomic E-state index is 8.61. The molecule has 0 amide bonds. The van der Waals surface area contributed by atoms with Gasteiger partial charge in [-0.1, -0.05) is 38.7 Å². The van der Waals surface area contributed by atoms with E-state index in [1.807, 2.05) is 12.1 Å². The summed E-state index contributed by atoms with van der Waals surface area (Å²) in [6.45, 7) is 7.02. The lowest BCUT2D eigenvalue weighted by molar-refractivity contribution is 0.300. The van der Waals surface area contributed by atoms with Gasteiger partial charge in [-0.15, -0.1) is 0 Å². The van der Waals surface area contributed by atoms with Crippen LogP contribution in [0.25, 0.3) is 10.4 Å². The quantitative estimate of drug-likeness (QED) is 0.279. The number of methoxy groups -OCH3 is 1. The lowest BCUT2D eigenvalue weighted by atomic mass is 10.0. The Bertz CT molecular complexity index is 480. The molecule has 5 heteroatoms. The standard InChI is InChI=1S/C15H23N3O2/c1-5-6-7-8-20-14-10-15(19-4)13(17-18-16)9-12(14)11(2)3/h9-11H,5-8H2,1-4H3. The molecule has 0 N–H and O–H groups in total. The van der Waals surface area contributed by atoms with E-state index in [0.29, 0.717) is 18.0 Å². The molecule has 20 heavy (non-hydrogen) atoms.